The fraction of sp³-hybridized carbons (Fsp3) is 0.400. The van der Waals surface area contributed by atoms with Gasteiger partial charge in [-0.25, -0.2) is 4.98 Å². The number of aliphatic hydroxyl groups excluding tert-OH is 1. The van der Waals surface area contributed by atoms with Gasteiger partial charge >= 0.3 is 0 Å². The molecule has 102 valence electrons. The summed E-state index contributed by atoms with van der Waals surface area (Å²) in [6, 6.07) is 10.3. The van der Waals surface area contributed by atoms with Crippen LogP contribution in [0.1, 0.15) is 12.5 Å². The molecule has 4 heteroatoms. The van der Waals surface area contributed by atoms with Gasteiger partial charge in [-0.15, -0.1) is 0 Å². The maximum absolute atomic E-state index is 9.07. The van der Waals surface area contributed by atoms with Crippen LogP contribution in [0.25, 0.3) is 10.9 Å². The van der Waals surface area contributed by atoms with Gasteiger partial charge in [-0.1, -0.05) is 25.1 Å². The molecule has 1 aromatic heterocycles. The normalized spacial score (nSPS) is 11.2. The lowest BCUT2D eigenvalue weighted by molar-refractivity contribution is 0.197. The van der Waals surface area contributed by atoms with Crippen LogP contribution in [0.15, 0.2) is 30.3 Å². The maximum atomic E-state index is 9.07. The highest BCUT2D eigenvalue weighted by molar-refractivity contribution is 5.81. The molecule has 1 aromatic carbocycles. The van der Waals surface area contributed by atoms with Crippen molar-refractivity contribution in [1.29, 1.82) is 0 Å². The van der Waals surface area contributed by atoms with Crippen LogP contribution in [0.5, 0.6) is 0 Å². The van der Waals surface area contributed by atoms with E-state index in [9.17, 15) is 0 Å². The standard InChI is InChI=1S/C15H21N3O/c1-3-18(8-9-19)11-13-10-12-6-4-5-7-14(12)17-15(13)16-2/h4-7,10,19H,3,8-9,11H2,1-2H3,(H,16,17). The number of fused-ring (bicyclic) bond motifs is 1. The summed E-state index contributed by atoms with van der Waals surface area (Å²) in [5, 5.41) is 13.4. The molecule has 19 heavy (non-hydrogen) atoms. The molecule has 1 heterocycles. The van der Waals surface area contributed by atoms with Crippen LogP contribution < -0.4 is 5.32 Å². The number of hydrogen-bond donors (Lipinski definition) is 2. The molecule has 0 fully saturated rings. The van der Waals surface area contributed by atoms with E-state index in [1.54, 1.807) is 0 Å². The van der Waals surface area contributed by atoms with E-state index in [4.69, 9.17) is 5.11 Å². The zero-order chi connectivity index (χ0) is 13.7. The number of aliphatic hydroxyl groups is 1. The molecule has 0 atom stereocenters. The van der Waals surface area contributed by atoms with Crippen LogP contribution in [-0.4, -0.2) is 41.7 Å². The van der Waals surface area contributed by atoms with E-state index in [0.717, 1.165) is 35.4 Å². The summed E-state index contributed by atoms with van der Waals surface area (Å²) in [6.45, 7) is 4.68. The minimum atomic E-state index is 0.184. The summed E-state index contributed by atoms with van der Waals surface area (Å²) in [4.78, 5) is 6.84. The van der Waals surface area contributed by atoms with E-state index in [-0.39, 0.29) is 6.61 Å². The Hall–Kier alpha value is -1.65. The average Bonchev–Trinajstić information content (AvgIpc) is 2.46. The van der Waals surface area contributed by atoms with E-state index in [2.05, 4.69) is 34.3 Å². The van der Waals surface area contributed by atoms with Gasteiger partial charge in [0.15, 0.2) is 0 Å². The molecule has 0 amide bonds. The Morgan fingerprint density at radius 1 is 1.32 bits per heavy atom. The number of nitrogens with one attached hydrogen (secondary N) is 1. The van der Waals surface area contributed by atoms with Crippen LogP contribution in [-0.2, 0) is 6.54 Å². The first-order valence-corrected chi connectivity index (χ1v) is 6.68. The second kappa shape index (κ2) is 6.50. The highest BCUT2D eigenvalue weighted by atomic mass is 16.3. The lowest BCUT2D eigenvalue weighted by Gasteiger charge is -2.20. The third kappa shape index (κ3) is 3.22. The number of aromatic nitrogens is 1. The van der Waals surface area contributed by atoms with Crippen LogP contribution >= 0.6 is 0 Å². The van der Waals surface area contributed by atoms with Gasteiger partial charge < -0.3 is 10.4 Å². The fourth-order valence-electron chi connectivity index (χ4n) is 2.23. The second-order valence-corrected chi connectivity index (χ2v) is 4.53. The van der Waals surface area contributed by atoms with Crippen molar-refractivity contribution in [2.75, 3.05) is 32.1 Å². The van der Waals surface area contributed by atoms with E-state index in [1.165, 1.54) is 0 Å². The molecule has 0 bridgehead atoms. The predicted octanol–water partition coefficient (Wildman–Crippen LogP) is 2.09. The van der Waals surface area contributed by atoms with Crippen molar-refractivity contribution in [1.82, 2.24) is 9.88 Å². The van der Waals surface area contributed by atoms with E-state index < -0.39 is 0 Å². The average molecular weight is 259 g/mol. The van der Waals surface area contributed by atoms with Crippen molar-refractivity contribution in [3.05, 3.63) is 35.9 Å². The Bertz CT molecular complexity index is 542. The smallest absolute Gasteiger partial charge is 0.130 e. The van der Waals surface area contributed by atoms with Gasteiger partial charge in [0.05, 0.1) is 12.1 Å². The summed E-state index contributed by atoms with van der Waals surface area (Å²) in [5.41, 5.74) is 2.16. The Balaban J connectivity index is 2.34. The van der Waals surface area contributed by atoms with Crippen molar-refractivity contribution < 1.29 is 5.11 Å². The Labute approximate surface area is 114 Å². The first-order valence-electron chi connectivity index (χ1n) is 6.68. The number of benzene rings is 1. The molecular formula is C15H21N3O. The summed E-state index contributed by atoms with van der Waals surface area (Å²) in [5.74, 6) is 0.912. The molecule has 0 aliphatic heterocycles. The number of para-hydroxylation sites is 1. The van der Waals surface area contributed by atoms with E-state index >= 15 is 0 Å². The summed E-state index contributed by atoms with van der Waals surface area (Å²) in [6.07, 6.45) is 0. The first kappa shape index (κ1) is 13.8. The molecule has 2 aromatic rings. The molecule has 2 rings (SSSR count). The first-order chi connectivity index (χ1) is 9.28. The van der Waals surface area contributed by atoms with Gasteiger partial charge in [0.25, 0.3) is 0 Å². The zero-order valence-electron chi connectivity index (χ0n) is 11.6. The lowest BCUT2D eigenvalue weighted by Crippen LogP contribution is -2.26. The SMILES string of the molecule is CCN(CCO)Cc1cc2ccccc2nc1NC. The molecule has 0 saturated heterocycles. The highest BCUT2D eigenvalue weighted by Gasteiger charge is 2.09. The minimum absolute atomic E-state index is 0.184. The minimum Gasteiger partial charge on any atom is -0.395 e. The number of hydrogen-bond acceptors (Lipinski definition) is 4. The predicted molar refractivity (Wildman–Crippen MR) is 79.3 cm³/mol. The van der Waals surface area contributed by atoms with E-state index in [1.807, 2.05) is 25.2 Å². The van der Waals surface area contributed by atoms with Crippen molar-refractivity contribution >= 4 is 16.7 Å². The Morgan fingerprint density at radius 2 is 2.11 bits per heavy atom. The van der Waals surface area contributed by atoms with E-state index in [0.29, 0.717) is 6.54 Å². The fourth-order valence-corrected chi connectivity index (χ4v) is 2.23. The summed E-state index contributed by atoms with van der Waals surface area (Å²) in [7, 11) is 1.89. The topological polar surface area (TPSA) is 48.4 Å². The molecule has 2 N–H and O–H groups in total. The van der Waals surface area contributed by atoms with Crippen molar-refractivity contribution in [3.63, 3.8) is 0 Å². The Morgan fingerprint density at radius 3 is 2.79 bits per heavy atom. The van der Waals surface area contributed by atoms with Gasteiger partial charge in [0, 0.05) is 31.1 Å². The van der Waals surface area contributed by atoms with Crippen LogP contribution in [0, 0.1) is 0 Å². The summed E-state index contributed by atoms with van der Waals surface area (Å²) >= 11 is 0. The summed E-state index contributed by atoms with van der Waals surface area (Å²) < 4.78 is 0. The molecular weight excluding hydrogens is 238 g/mol. The van der Waals surface area contributed by atoms with Crippen LogP contribution in [0.3, 0.4) is 0 Å². The molecule has 0 unspecified atom stereocenters. The molecule has 0 spiro atoms. The Kier molecular flexibility index (Phi) is 4.71. The maximum Gasteiger partial charge on any atom is 0.130 e. The van der Waals surface area contributed by atoms with Gasteiger partial charge in [0.2, 0.25) is 0 Å². The molecule has 0 aliphatic rings. The monoisotopic (exact) mass is 259 g/mol. The zero-order valence-corrected chi connectivity index (χ0v) is 11.6. The molecule has 0 aliphatic carbocycles. The number of nitrogens with zero attached hydrogens (tertiary/aromatic N) is 2. The highest BCUT2D eigenvalue weighted by Crippen LogP contribution is 2.21. The van der Waals surface area contributed by atoms with Gasteiger partial charge in [-0.3, -0.25) is 4.90 Å². The molecule has 0 radical (unpaired) electrons. The number of anilines is 1. The van der Waals surface area contributed by atoms with Crippen molar-refractivity contribution in [2.45, 2.75) is 13.5 Å². The van der Waals surface area contributed by atoms with Crippen LogP contribution in [0.2, 0.25) is 0 Å². The van der Waals surface area contributed by atoms with Gasteiger partial charge in [-0.05, 0) is 18.7 Å². The lowest BCUT2D eigenvalue weighted by atomic mass is 10.1. The molecule has 4 nitrogen and oxygen atoms in total. The number of rotatable bonds is 6. The second-order valence-electron chi connectivity index (χ2n) is 4.53. The third-order valence-electron chi connectivity index (χ3n) is 3.30. The molecule has 0 saturated carbocycles. The van der Waals surface area contributed by atoms with Gasteiger partial charge in [0.1, 0.15) is 5.82 Å². The van der Waals surface area contributed by atoms with Crippen molar-refractivity contribution in [2.24, 2.45) is 0 Å². The van der Waals surface area contributed by atoms with Gasteiger partial charge in [-0.2, -0.15) is 0 Å². The quantitative estimate of drug-likeness (QED) is 0.834. The van der Waals surface area contributed by atoms with Crippen molar-refractivity contribution in [3.8, 4) is 0 Å². The van der Waals surface area contributed by atoms with Crippen LogP contribution in [0.4, 0.5) is 5.82 Å². The number of pyridine rings is 1. The number of likely N-dealkylation sites (N-methyl/N-ethyl adjacent to an activating group) is 1. The third-order valence-corrected chi connectivity index (χ3v) is 3.30. The largest absolute Gasteiger partial charge is 0.395 e.